The molecule has 0 bridgehead atoms. The second kappa shape index (κ2) is 7.00. The molecular formula is C15H19ClN2O. The van der Waals surface area contributed by atoms with E-state index in [1.807, 2.05) is 43.3 Å². The summed E-state index contributed by atoms with van der Waals surface area (Å²) in [5.41, 5.74) is 9.63. The molecule has 0 radical (unpaired) electrons. The van der Waals surface area contributed by atoms with Crippen molar-refractivity contribution in [2.24, 2.45) is 0 Å². The number of pyridine rings is 1. The Hall–Kier alpha value is -1.74. The van der Waals surface area contributed by atoms with Crippen LogP contribution in [-0.4, -0.2) is 4.98 Å². The molecule has 0 saturated carbocycles. The Morgan fingerprint density at radius 2 is 1.89 bits per heavy atom. The molecule has 1 aromatic carbocycles. The van der Waals surface area contributed by atoms with Crippen LogP contribution in [0.1, 0.15) is 23.9 Å². The normalized spacial score (nSPS) is 9.79. The first kappa shape index (κ1) is 15.3. The topological polar surface area (TPSA) is 48.1 Å². The zero-order valence-corrected chi connectivity index (χ0v) is 12.0. The van der Waals surface area contributed by atoms with Crippen LogP contribution in [0, 0.1) is 6.92 Å². The standard InChI is InChI=1S/C15H18N2O.ClH/c1-3-14-15(13(16)9-11(2)17-14)18-10-12-7-5-4-6-8-12;/h4-9H,3,10H2,1-2H3,(H2,16,17);1H. The van der Waals surface area contributed by atoms with Gasteiger partial charge in [-0.05, 0) is 25.0 Å². The van der Waals surface area contributed by atoms with Crippen LogP contribution in [-0.2, 0) is 13.0 Å². The van der Waals surface area contributed by atoms with Gasteiger partial charge in [0.1, 0.15) is 6.61 Å². The SMILES string of the molecule is CCc1nc(C)cc(N)c1OCc1ccccc1.Cl. The molecule has 2 aromatic rings. The van der Waals surface area contributed by atoms with Gasteiger partial charge >= 0.3 is 0 Å². The van der Waals surface area contributed by atoms with Crippen molar-refractivity contribution in [3.63, 3.8) is 0 Å². The Morgan fingerprint density at radius 3 is 2.53 bits per heavy atom. The Bertz CT molecular complexity index is 529. The molecule has 102 valence electrons. The highest BCUT2D eigenvalue weighted by atomic mass is 35.5. The summed E-state index contributed by atoms with van der Waals surface area (Å²) < 4.78 is 5.81. The highest BCUT2D eigenvalue weighted by Gasteiger charge is 2.09. The van der Waals surface area contributed by atoms with Gasteiger partial charge in [0.25, 0.3) is 0 Å². The fraction of sp³-hybridized carbons (Fsp3) is 0.267. The lowest BCUT2D eigenvalue weighted by Crippen LogP contribution is -2.04. The third kappa shape index (κ3) is 3.86. The summed E-state index contributed by atoms with van der Waals surface area (Å²) in [7, 11) is 0. The Balaban J connectivity index is 0.00000180. The molecule has 0 saturated heterocycles. The van der Waals surface area contributed by atoms with E-state index in [9.17, 15) is 0 Å². The molecule has 0 fully saturated rings. The van der Waals surface area contributed by atoms with Crippen LogP contribution < -0.4 is 10.5 Å². The zero-order chi connectivity index (χ0) is 13.0. The first-order valence-corrected chi connectivity index (χ1v) is 6.13. The van der Waals surface area contributed by atoms with Crippen LogP contribution in [0.5, 0.6) is 5.75 Å². The maximum Gasteiger partial charge on any atom is 0.164 e. The molecule has 0 atom stereocenters. The van der Waals surface area contributed by atoms with Crippen LogP contribution in [0.4, 0.5) is 5.69 Å². The third-order valence-corrected chi connectivity index (χ3v) is 2.76. The zero-order valence-electron chi connectivity index (χ0n) is 11.2. The van der Waals surface area contributed by atoms with E-state index in [2.05, 4.69) is 11.9 Å². The fourth-order valence-electron chi connectivity index (χ4n) is 1.89. The predicted molar refractivity (Wildman–Crippen MR) is 80.8 cm³/mol. The second-order valence-corrected chi connectivity index (χ2v) is 4.26. The van der Waals surface area contributed by atoms with Gasteiger partial charge in [-0.2, -0.15) is 0 Å². The van der Waals surface area contributed by atoms with Gasteiger partial charge in [-0.1, -0.05) is 37.3 Å². The maximum atomic E-state index is 6.00. The number of nitrogens with zero attached hydrogens (tertiary/aromatic N) is 1. The van der Waals surface area contributed by atoms with Crippen LogP contribution in [0.15, 0.2) is 36.4 Å². The number of nitrogens with two attached hydrogens (primary N) is 1. The maximum absolute atomic E-state index is 6.00. The molecule has 2 N–H and O–H groups in total. The lowest BCUT2D eigenvalue weighted by molar-refractivity contribution is 0.303. The van der Waals surface area contributed by atoms with E-state index < -0.39 is 0 Å². The molecule has 3 nitrogen and oxygen atoms in total. The number of benzene rings is 1. The highest BCUT2D eigenvalue weighted by Crippen LogP contribution is 2.27. The third-order valence-electron chi connectivity index (χ3n) is 2.76. The molecular weight excluding hydrogens is 260 g/mol. The van der Waals surface area contributed by atoms with E-state index >= 15 is 0 Å². The van der Waals surface area contributed by atoms with Gasteiger partial charge in [0.15, 0.2) is 5.75 Å². The van der Waals surface area contributed by atoms with Crippen molar-refractivity contribution < 1.29 is 4.74 Å². The van der Waals surface area contributed by atoms with Crippen molar-refractivity contribution in [1.82, 2.24) is 4.98 Å². The van der Waals surface area contributed by atoms with Gasteiger partial charge in [-0.15, -0.1) is 12.4 Å². The molecule has 0 aliphatic heterocycles. The number of halogens is 1. The molecule has 2 rings (SSSR count). The molecule has 0 aliphatic carbocycles. The summed E-state index contributed by atoms with van der Waals surface area (Å²) in [4.78, 5) is 4.46. The first-order valence-electron chi connectivity index (χ1n) is 6.13. The minimum Gasteiger partial charge on any atom is -0.485 e. The minimum absolute atomic E-state index is 0. The Morgan fingerprint density at radius 1 is 1.21 bits per heavy atom. The Kier molecular flexibility index (Phi) is 5.64. The van der Waals surface area contributed by atoms with Crippen LogP contribution in [0.2, 0.25) is 0 Å². The van der Waals surface area contributed by atoms with Crippen LogP contribution in [0.25, 0.3) is 0 Å². The number of aromatic nitrogens is 1. The van der Waals surface area contributed by atoms with Gasteiger partial charge in [0.05, 0.1) is 11.4 Å². The van der Waals surface area contributed by atoms with E-state index in [0.717, 1.165) is 23.4 Å². The largest absolute Gasteiger partial charge is 0.485 e. The van der Waals surface area contributed by atoms with E-state index in [1.54, 1.807) is 0 Å². The van der Waals surface area contributed by atoms with E-state index in [1.165, 1.54) is 0 Å². The quantitative estimate of drug-likeness (QED) is 0.931. The van der Waals surface area contributed by atoms with Gasteiger partial charge in [0.2, 0.25) is 0 Å². The van der Waals surface area contributed by atoms with E-state index in [4.69, 9.17) is 10.5 Å². The average Bonchev–Trinajstić information content (AvgIpc) is 2.38. The minimum atomic E-state index is 0. The lowest BCUT2D eigenvalue weighted by atomic mass is 10.2. The average molecular weight is 279 g/mol. The molecule has 0 aliphatic rings. The molecule has 0 unspecified atom stereocenters. The van der Waals surface area contributed by atoms with Crippen LogP contribution in [0.3, 0.4) is 0 Å². The van der Waals surface area contributed by atoms with Crippen molar-refractivity contribution >= 4 is 18.1 Å². The molecule has 1 aromatic heterocycles. The number of hydrogen-bond acceptors (Lipinski definition) is 3. The highest BCUT2D eigenvalue weighted by molar-refractivity contribution is 5.85. The Labute approximate surface area is 120 Å². The molecule has 1 heterocycles. The lowest BCUT2D eigenvalue weighted by Gasteiger charge is -2.13. The summed E-state index contributed by atoms with van der Waals surface area (Å²) in [6, 6.07) is 11.9. The van der Waals surface area contributed by atoms with Crippen molar-refractivity contribution in [2.75, 3.05) is 5.73 Å². The monoisotopic (exact) mass is 278 g/mol. The fourth-order valence-corrected chi connectivity index (χ4v) is 1.89. The van der Waals surface area contributed by atoms with Gasteiger partial charge in [0, 0.05) is 5.69 Å². The van der Waals surface area contributed by atoms with E-state index in [-0.39, 0.29) is 12.4 Å². The summed E-state index contributed by atoms with van der Waals surface area (Å²) in [6.45, 7) is 4.51. The number of anilines is 1. The number of hydrogen-bond donors (Lipinski definition) is 1. The molecule has 4 heteroatoms. The van der Waals surface area contributed by atoms with Crippen molar-refractivity contribution in [3.05, 3.63) is 53.3 Å². The number of aryl methyl sites for hydroxylation is 2. The second-order valence-electron chi connectivity index (χ2n) is 4.26. The number of nitrogen functional groups attached to an aromatic ring is 1. The van der Waals surface area contributed by atoms with Crippen molar-refractivity contribution in [3.8, 4) is 5.75 Å². The van der Waals surface area contributed by atoms with Crippen molar-refractivity contribution in [2.45, 2.75) is 26.9 Å². The summed E-state index contributed by atoms with van der Waals surface area (Å²) in [5.74, 6) is 0.715. The van der Waals surface area contributed by atoms with E-state index in [0.29, 0.717) is 18.0 Å². The van der Waals surface area contributed by atoms with Gasteiger partial charge in [-0.3, -0.25) is 4.98 Å². The summed E-state index contributed by atoms with van der Waals surface area (Å²) >= 11 is 0. The molecule has 0 amide bonds. The number of rotatable bonds is 4. The first-order chi connectivity index (χ1) is 8.70. The molecule has 0 spiro atoms. The summed E-state index contributed by atoms with van der Waals surface area (Å²) in [5, 5.41) is 0. The van der Waals surface area contributed by atoms with Gasteiger partial charge in [-0.25, -0.2) is 0 Å². The predicted octanol–water partition coefficient (Wildman–Crippen LogP) is 3.54. The van der Waals surface area contributed by atoms with Crippen molar-refractivity contribution in [1.29, 1.82) is 0 Å². The van der Waals surface area contributed by atoms with Crippen LogP contribution >= 0.6 is 12.4 Å². The smallest absolute Gasteiger partial charge is 0.164 e. The summed E-state index contributed by atoms with van der Waals surface area (Å²) in [6.07, 6.45) is 0.815. The number of ether oxygens (including phenoxy) is 1. The van der Waals surface area contributed by atoms with Gasteiger partial charge < -0.3 is 10.5 Å². The molecule has 19 heavy (non-hydrogen) atoms.